The number of thioether (sulfide) groups is 1. The van der Waals surface area contributed by atoms with Gasteiger partial charge in [0.1, 0.15) is 11.2 Å². The molecule has 2 saturated heterocycles. The van der Waals surface area contributed by atoms with Crippen LogP contribution in [-0.2, 0) is 6.54 Å². The fourth-order valence-electron chi connectivity index (χ4n) is 4.59. The van der Waals surface area contributed by atoms with Crippen LogP contribution in [0.5, 0.6) is 0 Å². The number of benzene rings is 1. The Morgan fingerprint density at radius 2 is 2.19 bits per heavy atom. The third kappa shape index (κ3) is 3.37. The number of anilines is 1. The molecule has 0 saturated carbocycles. The normalized spacial score (nSPS) is 20.0. The van der Waals surface area contributed by atoms with Gasteiger partial charge in [-0.25, -0.2) is 14.2 Å². The van der Waals surface area contributed by atoms with Crippen molar-refractivity contribution >= 4 is 34.6 Å². The monoisotopic (exact) mass is 440 g/mol. The number of fused-ring (bicyclic) bond motifs is 3. The van der Waals surface area contributed by atoms with Crippen LogP contribution in [0.1, 0.15) is 22.3 Å². The predicted molar refractivity (Wildman–Crippen MR) is 118 cm³/mol. The molecule has 160 valence electrons. The van der Waals surface area contributed by atoms with Crippen LogP contribution in [0, 0.1) is 5.82 Å². The lowest BCUT2D eigenvalue weighted by atomic mass is 10.1. The van der Waals surface area contributed by atoms with Crippen molar-refractivity contribution < 1.29 is 14.3 Å². The van der Waals surface area contributed by atoms with Gasteiger partial charge in [-0.1, -0.05) is 18.2 Å². The van der Waals surface area contributed by atoms with E-state index in [0.717, 1.165) is 29.5 Å². The summed E-state index contributed by atoms with van der Waals surface area (Å²) in [5.74, 6) is -1.72. The Bertz CT molecular complexity index is 1260. The van der Waals surface area contributed by atoms with Gasteiger partial charge in [0.25, 0.3) is 0 Å². The van der Waals surface area contributed by atoms with Gasteiger partial charge in [-0.3, -0.25) is 4.79 Å². The molecule has 2 fully saturated rings. The molecule has 31 heavy (non-hydrogen) atoms. The Balaban J connectivity index is 1.70. The number of hydrogen-bond donors (Lipinski definition) is 2. The first-order valence-corrected chi connectivity index (χ1v) is 11.3. The molecule has 0 spiro atoms. The zero-order valence-electron chi connectivity index (χ0n) is 16.8. The lowest BCUT2D eigenvalue weighted by Gasteiger charge is -2.29. The van der Waals surface area contributed by atoms with Crippen LogP contribution < -0.4 is 15.6 Å². The van der Waals surface area contributed by atoms with Gasteiger partial charge in [-0.05, 0) is 30.4 Å². The third-order valence-electron chi connectivity index (χ3n) is 6.08. The topological polar surface area (TPSA) is 87.5 Å². The minimum absolute atomic E-state index is 0.0229. The van der Waals surface area contributed by atoms with Gasteiger partial charge in [0.2, 0.25) is 5.43 Å². The summed E-state index contributed by atoms with van der Waals surface area (Å²) < 4.78 is 16.7. The number of nitrogens with one attached hydrogen (secondary N) is 1. The molecule has 4 heterocycles. The van der Waals surface area contributed by atoms with E-state index in [-0.39, 0.29) is 22.9 Å². The lowest BCUT2D eigenvalue weighted by Crippen LogP contribution is -2.44. The molecular formula is C22H21FN4O3S. The van der Waals surface area contributed by atoms with Gasteiger partial charge >= 0.3 is 5.97 Å². The van der Waals surface area contributed by atoms with E-state index in [2.05, 4.69) is 10.3 Å². The van der Waals surface area contributed by atoms with Crippen LogP contribution in [-0.4, -0.2) is 52.1 Å². The third-order valence-corrected chi connectivity index (χ3v) is 6.91. The van der Waals surface area contributed by atoms with Gasteiger partial charge < -0.3 is 19.9 Å². The number of rotatable bonds is 5. The molecule has 2 aliphatic heterocycles. The smallest absolute Gasteiger partial charge is 0.341 e. The molecule has 5 rings (SSSR count). The molecule has 0 radical (unpaired) electrons. The zero-order valence-corrected chi connectivity index (χ0v) is 17.7. The number of aromatic nitrogens is 2. The predicted octanol–water partition coefficient (Wildman–Crippen LogP) is 2.55. The SMILES string of the molecule is CSc1ccccc1Cn1cc(C(=O)O)c(=O)c2cc(F)c(N3C[C@@H]4C[C@H]3CN4)nc21. The fraction of sp³-hybridized carbons (Fsp3) is 0.318. The van der Waals surface area contributed by atoms with Gasteiger partial charge in [0, 0.05) is 36.3 Å². The Kier molecular flexibility index (Phi) is 4.94. The van der Waals surface area contributed by atoms with E-state index in [9.17, 15) is 14.7 Å². The van der Waals surface area contributed by atoms with E-state index in [1.165, 1.54) is 6.20 Å². The molecule has 0 unspecified atom stereocenters. The number of pyridine rings is 2. The van der Waals surface area contributed by atoms with E-state index in [0.29, 0.717) is 19.1 Å². The van der Waals surface area contributed by atoms with Gasteiger partial charge in [0.15, 0.2) is 11.6 Å². The molecule has 9 heteroatoms. The summed E-state index contributed by atoms with van der Waals surface area (Å²) in [5.41, 5.74) is 0.137. The average molecular weight is 441 g/mol. The number of halogens is 1. The van der Waals surface area contributed by atoms with Crippen molar-refractivity contribution in [3.63, 3.8) is 0 Å². The summed E-state index contributed by atoms with van der Waals surface area (Å²) in [6, 6.07) is 9.39. The second kappa shape index (κ2) is 7.65. The summed E-state index contributed by atoms with van der Waals surface area (Å²) in [6.45, 7) is 1.75. The molecule has 0 aliphatic carbocycles. The van der Waals surface area contributed by atoms with Crippen molar-refractivity contribution in [3.8, 4) is 0 Å². The molecule has 2 aliphatic rings. The Hall–Kier alpha value is -2.91. The summed E-state index contributed by atoms with van der Waals surface area (Å²) in [5, 5.41) is 12.9. The number of hydrogen-bond acceptors (Lipinski definition) is 6. The van der Waals surface area contributed by atoms with Gasteiger partial charge in [0.05, 0.1) is 11.9 Å². The quantitative estimate of drug-likeness (QED) is 0.590. The molecule has 2 atom stereocenters. The summed E-state index contributed by atoms with van der Waals surface area (Å²) in [4.78, 5) is 32.0. The second-order valence-electron chi connectivity index (χ2n) is 7.93. The zero-order chi connectivity index (χ0) is 21.7. The van der Waals surface area contributed by atoms with Crippen molar-refractivity contribution in [2.24, 2.45) is 0 Å². The van der Waals surface area contributed by atoms with E-state index in [1.54, 1.807) is 16.3 Å². The maximum Gasteiger partial charge on any atom is 0.341 e. The van der Waals surface area contributed by atoms with E-state index in [1.807, 2.05) is 35.4 Å². The number of nitrogens with zero attached hydrogens (tertiary/aromatic N) is 3. The van der Waals surface area contributed by atoms with Crippen LogP contribution in [0.25, 0.3) is 11.0 Å². The molecule has 0 amide bonds. The van der Waals surface area contributed by atoms with Crippen molar-refractivity contribution in [3.05, 3.63) is 63.7 Å². The maximum absolute atomic E-state index is 15.1. The van der Waals surface area contributed by atoms with Crippen LogP contribution in [0.3, 0.4) is 0 Å². The minimum atomic E-state index is -1.34. The fourth-order valence-corrected chi connectivity index (χ4v) is 5.20. The van der Waals surface area contributed by atoms with Crippen LogP contribution in [0.15, 0.2) is 46.2 Å². The average Bonchev–Trinajstić information content (AvgIpc) is 3.39. The summed E-state index contributed by atoms with van der Waals surface area (Å²) >= 11 is 1.58. The van der Waals surface area contributed by atoms with E-state index >= 15 is 4.39 Å². The second-order valence-corrected chi connectivity index (χ2v) is 8.78. The van der Waals surface area contributed by atoms with E-state index < -0.39 is 22.8 Å². The highest BCUT2D eigenvalue weighted by molar-refractivity contribution is 7.98. The van der Waals surface area contributed by atoms with E-state index in [4.69, 9.17) is 0 Å². The van der Waals surface area contributed by atoms with Gasteiger partial charge in [-0.15, -0.1) is 11.8 Å². The molecular weight excluding hydrogens is 419 g/mol. The largest absolute Gasteiger partial charge is 0.477 e. The molecule has 7 nitrogen and oxygen atoms in total. The molecule has 1 aromatic carbocycles. The number of piperazine rings is 1. The highest BCUT2D eigenvalue weighted by Gasteiger charge is 2.39. The number of carboxylic acid groups (broad SMARTS) is 1. The lowest BCUT2D eigenvalue weighted by molar-refractivity contribution is 0.0695. The van der Waals surface area contributed by atoms with Crippen molar-refractivity contribution in [2.45, 2.75) is 29.9 Å². The van der Waals surface area contributed by atoms with Crippen LogP contribution >= 0.6 is 11.8 Å². The van der Waals surface area contributed by atoms with Crippen molar-refractivity contribution in [1.29, 1.82) is 0 Å². The molecule has 2 bridgehead atoms. The molecule has 3 aromatic rings. The van der Waals surface area contributed by atoms with Gasteiger partial charge in [-0.2, -0.15) is 0 Å². The standard InChI is InChI=1S/C22H21FN4O3S/c1-31-18-5-3-2-4-12(18)9-26-11-16(22(29)30)19(28)15-7-17(23)21(25-20(15)26)27-10-13-6-14(27)8-24-13/h2-5,7,11,13-14,24H,6,8-10H2,1H3,(H,29,30)/t13-,14-/m0/s1. The Morgan fingerprint density at radius 1 is 1.39 bits per heavy atom. The number of carboxylic acids is 1. The van der Waals surface area contributed by atoms with Crippen molar-refractivity contribution in [2.75, 3.05) is 24.2 Å². The minimum Gasteiger partial charge on any atom is -0.477 e. The first-order valence-electron chi connectivity index (χ1n) is 10.0. The Morgan fingerprint density at radius 3 is 2.87 bits per heavy atom. The first kappa shape index (κ1) is 20.0. The first-order chi connectivity index (χ1) is 15.0. The number of aromatic carboxylic acids is 1. The number of carbonyl (C=O) groups is 1. The molecule has 2 N–H and O–H groups in total. The van der Waals surface area contributed by atoms with Crippen LogP contribution in [0.2, 0.25) is 0 Å². The highest BCUT2D eigenvalue weighted by atomic mass is 32.2. The summed E-state index contributed by atoms with van der Waals surface area (Å²) in [7, 11) is 0. The summed E-state index contributed by atoms with van der Waals surface area (Å²) in [6.07, 6.45) is 4.22. The highest BCUT2D eigenvalue weighted by Crippen LogP contribution is 2.31. The van der Waals surface area contributed by atoms with Crippen LogP contribution in [0.4, 0.5) is 10.2 Å². The van der Waals surface area contributed by atoms with Crippen molar-refractivity contribution in [1.82, 2.24) is 14.9 Å². The maximum atomic E-state index is 15.1. The Labute approximate surface area is 181 Å². The molecule has 2 aromatic heterocycles.